The predicted molar refractivity (Wildman–Crippen MR) is 54.1 cm³/mol. The van der Waals surface area contributed by atoms with E-state index in [-0.39, 0.29) is 0 Å². The van der Waals surface area contributed by atoms with Crippen molar-refractivity contribution in [2.24, 2.45) is 0 Å². The van der Waals surface area contributed by atoms with Crippen molar-refractivity contribution >= 4 is 18.2 Å². The van der Waals surface area contributed by atoms with Crippen LogP contribution in [0.1, 0.15) is 0 Å². The number of aromatic nitrogens is 5. The van der Waals surface area contributed by atoms with Crippen LogP contribution in [0.15, 0.2) is 18.5 Å². The Labute approximate surface area is 85.4 Å². The van der Waals surface area contributed by atoms with Crippen LogP contribution in [0, 0.1) is 4.77 Å². The topological polar surface area (TPSA) is 77.5 Å². The fraction of sp³-hybridized carbons (Fsp3) is 0.286. The van der Waals surface area contributed by atoms with Gasteiger partial charge in [0.25, 0.3) is 0 Å². The summed E-state index contributed by atoms with van der Waals surface area (Å²) in [6.45, 7) is 1.40. The number of nitrogens with two attached hydrogens (primary N) is 1. The van der Waals surface area contributed by atoms with Gasteiger partial charge in [-0.25, -0.2) is 5.10 Å². The quantitative estimate of drug-likeness (QED) is 0.720. The summed E-state index contributed by atoms with van der Waals surface area (Å²) in [6.07, 6.45) is 3.62. The van der Waals surface area contributed by atoms with Crippen LogP contribution >= 0.6 is 12.2 Å². The number of hydrogen-bond donors (Lipinski definition) is 2. The second-order valence-corrected chi connectivity index (χ2v) is 3.19. The third-order valence-electron chi connectivity index (χ3n) is 1.90. The minimum Gasteiger partial charge on any atom is -0.368 e. The van der Waals surface area contributed by atoms with E-state index in [0.717, 1.165) is 6.54 Å². The number of aromatic amines is 1. The van der Waals surface area contributed by atoms with Gasteiger partial charge in [-0.05, 0) is 18.3 Å². The molecule has 0 unspecified atom stereocenters. The van der Waals surface area contributed by atoms with E-state index in [9.17, 15) is 0 Å². The summed E-state index contributed by atoms with van der Waals surface area (Å²) >= 11 is 5.00. The summed E-state index contributed by atoms with van der Waals surface area (Å²) in [5.41, 5.74) is 5.61. The molecule has 0 aliphatic rings. The van der Waals surface area contributed by atoms with E-state index in [1.165, 1.54) is 0 Å². The van der Waals surface area contributed by atoms with Gasteiger partial charge in [0.1, 0.15) is 0 Å². The number of nitrogens with zero attached hydrogens (tertiary/aromatic N) is 4. The first-order valence-electron chi connectivity index (χ1n) is 4.15. The van der Waals surface area contributed by atoms with E-state index in [0.29, 0.717) is 17.3 Å². The first-order chi connectivity index (χ1) is 6.77. The zero-order valence-corrected chi connectivity index (χ0v) is 8.24. The van der Waals surface area contributed by atoms with Gasteiger partial charge in [0.15, 0.2) is 4.77 Å². The fourth-order valence-electron chi connectivity index (χ4n) is 1.18. The van der Waals surface area contributed by atoms with E-state index >= 15 is 0 Å². The molecular weight excluding hydrogens is 200 g/mol. The second-order valence-electron chi connectivity index (χ2n) is 2.81. The summed E-state index contributed by atoms with van der Waals surface area (Å²) < 4.78 is 4.08. The molecule has 0 saturated carbocycles. The zero-order chi connectivity index (χ0) is 9.97. The Kier molecular flexibility index (Phi) is 2.32. The number of anilines is 1. The maximum atomic E-state index is 5.61. The predicted octanol–water partition coefficient (Wildman–Crippen LogP) is 0.420. The lowest BCUT2D eigenvalue weighted by Crippen LogP contribution is -2.10. The summed E-state index contributed by atoms with van der Waals surface area (Å²) in [5.74, 6) is 0.405. The SMILES string of the molecule is Nc1n[nH]c(=S)n1CCn1cccn1. The second kappa shape index (κ2) is 3.62. The van der Waals surface area contributed by atoms with Crippen molar-refractivity contribution in [3.63, 3.8) is 0 Å². The molecule has 0 radical (unpaired) electrons. The molecular formula is C7H10N6S. The maximum absolute atomic E-state index is 5.61. The highest BCUT2D eigenvalue weighted by molar-refractivity contribution is 7.71. The molecule has 0 amide bonds. The molecule has 0 spiro atoms. The molecule has 7 heteroatoms. The molecule has 2 heterocycles. The average Bonchev–Trinajstić information content (AvgIpc) is 2.76. The third kappa shape index (κ3) is 1.67. The molecule has 6 nitrogen and oxygen atoms in total. The smallest absolute Gasteiger partial charge is 0.220 e. The Morgan fingerprint density at radius 1 is 1.50 bits per heavy atom. The van der Waals surface area contributed by atoms with Crippen LogP contribution in [0.4, 0.5) is 5.95 Å². The van der Waals surface area contributed by atoms with Crippen LogP contribution in [0.3, 0.4) is 0 Å². The number of rotatable bonds is 3. The molecule has 74 valence electrons. The maximum Gasteiger partial charge on any atom is 0.220 e. The molecule has 14 heavy (non-hydrogen) atoms. The number of nitrogen functional groups attached to an aromatic ring is 1. The fourth-order valence-corrected chi connectivity index (χ4v) is 1.41. The summed E-state index contributed by atoms with van der Waals surface area (Å²) in [4.78, 5) is 0. The van der Waals surface area contributed by atoms with Crippen molar-refractivity contribution in [1.29, 1.82) is 0 Å². The van der Waals surface area contributed by atoms with Gasteiger partial charge >= 0.3 is 0 Å². The van der Waals surface area contributed by atoms with Gasteiger partial charge in [-0.15, -0.1) is 5.10 Å². The van der Waals surface area contributed by atoms with Crippen LogP contribution in [0.25, 0.3) is 0 Å². The number of H-pyrrole nitrogens is 1. The van der Waals surface area contributed by atoms with Gasteiger partial charge in [-0.2, -0.15) is 5.10 Å². The van der Waals surface area contributed by atoms with Crippen LogP contribution in [-0.4, -0.2) is 24.5 Å². The average molecular weight is 210 g/mol. The zero-order valence-electron chi connectivity index (χ0n) is 7.42. The molecule has 0 saturated heterocycles. The Balaban J connectivity index is 2.09. The molecule has 3 N–H and O–H groups in total. The van der Waals surface area contributed by atoms with Crippen molar-refractivity contribution in [3.8, 4) is 0 Å². The van der Waals surface area contributed by atoms with Crippen molar-refractivity contribution in [2.45, 2.75) is 13.1 Å². The monoisotopic (exact) mass is 210 g/mol. The van der Waals surface area contributed by atoms with Crippen molar-refractivity contribution in [1.82, 2.24) is 24.5 Å². The highest BCUT2D eigenvalue weighted by atomic mass is 32.1. The Hall–Kier alpha value is -1.63. The van der Waals surface area contributed by atoms with Crippen molar-refractivity contribution < 1.29 is 0 Å². The molecule has 0 bridgehead atoms. The first-order valence-corrected chi connectivity index (χ1v) is 4.56. The molecule has 2 aromatic rings. The van der Waals surface area contributed by atoms with E-state index in [1.54, 1.807) is 10.8 Å². The summed E-state index contributed by atoms with van der Waals surface area (Å²) in [6, 6.07) is 1.87. The van der Waals surface area contributed by atoms with E-state index in [2.05, 4.69) is 15.3 Å². The highest BCUT2D eigenvalue weighted by Gasteiger charge is 2.00. The van der Waals surface area contributed by atoms with Crippen LogP contribution < -0.4 is 5.73 Å². The van der Waals surface area contributed by atoms with E-state index < -0.39 is 0 Å². The normalized spacial score (nSPS) is 10.6. The van der Waals surface area contributed by atoms with E-state index in [4.69, 9.17) is 18.0 Å². The number of hydrogen-bond acceptors (Lipinski definition) is 4. The Bertz CT molecular complexity index is 453. The molecule has 0 atom stereocenters. The highest BCUT2D eigenvalue weighted by Crippen LogP contribution is 1.99. The lowest BCUT2D eigenvalue weighted by atomic mass is 10.6. The van der Waals surface area contributed by atoms with E-state index in [1.807, 2.05) is 16.9 Å². The minimum absolute atomic E-state index is 0.405. The van der Waals surface area contributed by atoms with Crippen LogP contribution in [0.2, 0.25) is 0 Å². The molecule has 2 aromatic heterocycles. The largest absolute Gasteiger partial charge is 0.368 e. The number of nitrogens with one attached hydrogen (secondary N) is 1. The van der Waals surface area contributed by atoms with Gasteiger partial charge in [-0.3, -0.25) is 9.25 Å². The lowest BCUT2D eigenvalue weighted by Gasteiger charge is -2.03. The Morgan fingerprint density at radius 2 is 2.36 bits per heavy atom. The standard InChI is InChI=1S/C7H10N6S/c8-6-10-11-7(14)13(6)5-4-12-3-1-2-9-12/h1-3H,4-5H2,(H2,8,10)(H,11,14). The van der Waals surface area contributed by atoms with Gasteiger partial charge < -0.3 is 5.73 Å². The van der Waals surface area contributed by atoms with Gasteiger partial charge in [0, 0.05) is 18.9 Å². The Morgan fingerprint density at radius 3 is 2.93 bits per heavy atom. The molecule has 0 fully saturated rings. The van der Waals surface area contributed by atoms with Crippen LogP contribution in [0.5, 0.6) is 0 Å². The van der Waals surface area contributed by atoms with Gasteiger partial charge in [0.05, 0.1) is 6.54 Å². The molecule has 0 aromatic carbocycles. The molecule has 2 rings (SSSR count). The lowest BCUT2D eigenvalue weighted by molar-refractivity contribution is 0.533. The van der Waals surface area contributed by atoms with Crippen LogP contribution in [-0.2, 0) is 13.1 Å². The van der Waals surface area contributed by atoms with Gasteiger partial charge in [-0.1, -0.05) is 0 Å². The third-order valence-corrected chi connectivity index (χ3v) is 2.21. The molecule has 0 aliphatic heterocycles. The first kappa shape index (κ1) is 8.95. The van der Waals surface area contributed by atoms with Crippen molar-refractivity contribution in [2.75, 3.05) is 5.73 Å². The van der Waals surface area contributed by atoms with Crippen molar-refractivity contribution in [3.05, 3.63) is 23.2 Å². The number of aryl methyl sites for hydroxylation is 1. The summed E-state index contributed by atoms with van der Waals surface area (Å²) in [7, 11) is 0. The van der Waals surface area contributed by atoms with Gasteiger partial charge in [0.2, 0.25) is 5.95 Å². The molecule has 0 aliphatic carbocycles. The minimum atomic E-state index is 0.405. The summed E-state index contributed by atoms with van der Waals surface area (Å²) in [5, 5.41) is 10.5.